The van der Waals surface area contributed by atoms with Crippen molar-refractivity contribution in [2.24, 2.45) is 0 Å². The molecule has 0 fully saturated rings. The van der Waals surface area contributed by atoms with Crippen molar-refractivity contribution in [3.05, 3.63) is 0 Å². The summed E-state index contributed by atoms with van der Waals surface area (Å²) in [5.41, 5.74) is 0. The van der Waals surface area contributed by atoms with Gasteiger partial charge in [0.15, 0.2) is 0 Å². The molecule has 0 aromatic carbocycles. The summed E-state index contributed by atoms with van der Waals surface area (Å²) in [4.78, 5) is 0. The molecule has 0 heterocycles. The summed E-state index contributed by atoms with van der Waals surface area (Å²) < 4.78 is 0. The molecule has 4 heteroatoms. The second-order valence-electron chi connectivity index (χ2n) is 0. The van der Waals surface area contributed by atoms with Gasteiger partial charge in [-0.15, -0.1) is 0 Å². The molecule has 0 aliphatic carbocycles. The zero-order valence-corrected chi connectivity index (χ0v) is 6.38. The molecule has 0 rings (SSSR count). The molecule has 0 aliphatic rings. The maximum absolute atomic E-state index is 0. The standard InChI is InChI=1S/Ca.Cu.Fe.Zn.2H. The Kier molecular flexibility index (Phi) is 119. The van der Waals surface area contributed by atoms with Crippen LogP contribution in [-0.4, -0.2) is 37.7 Å². The topological polar surface area (TPSA) is 0 Å². The number of hydrogen-bond donors (Lipinski definition) is 0. The van der Waals surface area contributed by atoms with Gasteiger partial charge in [-0.3, -0.25) is 0 Å². The normalized spacial score (nSPS) is 0. The Bertz CT molecular complexity index is 8.00. The molecule has 0 spiro atoms. The SMILES string of the molecule is [CaH2].[Cu].[Fe].[Zn]. The van der Waals surface area contributed by atoms with Gasteiger partial charge in [-0.1, -0.05) is 0 Å². The van der Waals surface area contributed by atoms with Crippen molar-refractivity contribution in [2.45, 2.75) is 0 Å². The number of rotatable bonds is 0. The van der Waals surface area contributed by atoms with E-state index in [9.17, 15) is 0 Å². The van der Waals surface area contributed by atoms with Crippen LogP contribution in [0.25, 0.3) is 0 Å². The second-order valence-corrected chi connectivity index (χ2v) is 0. The van der Waals surface area contributed by atoms with Crippen molar-refractivity contribution < 1.29 is 53.6 Å². The maximum Gasteiger partial charge on any atom is 0 e. The summed E-state index contributed by atoms with van der Waals surface area (Å²) in [6.45, 7) is 0. The maximum atomic E-state index is 0. The van der Waals surface area contributed by atoms with E-state index in [0.717, 1.165) is 0 Å². The predicted molar refractivity (Wildman–Crippen MR) is 8.54 cm³/mol. The molecule has 0 bridgehead atoms. The first-order valence-electron chi connectivity index (χ1n) is 0. The van der Waals surface area contributed by atoms with E-state index in [1.165, 1.54) is 0 Å². The minimum absolute atomic E-state index is 0. The van der Waals surface area contributed by atoms with Crippen LogP contribution in [-0.2, 0) is 53.6 Å². The largest absolute Gasteiger partial charge is 0 e. The third kappa shape index (κ3) is 8.87. The number of hydrogen-bond acceptors (Lipinski definition) is 0. The van der Waals surface area contributed by atoms with Crippen molar-refractivity contribution in [1.82, 2.24) is 0 Å². The zero-order valence-electron chi connectivity index (χ0n) is 1.36. The van der Waals surface area contributed by atoms with Crippen LogP contribution < -0.4 is 0 Å². The molecule has 0 aliphatic heterocycles. The quantitative estimate of drug-likeness (QED) is 0.469. The van der Waals surface area contributed by atoms with Crippen LogP contribution in [0.3, 0.4) is 0 Å². The Hall–Kier alpha value is 2.92. The molecular formula is H2CaCuFeZn. The Morgan fingerprint density at radius 1 is 1.00 bits per heavy atom. The third-order valence-electron chi connectivity index (χ3n) is 0. The van der Waals surface area contributed by atoms with Gasteiger partial charge in [0, 0.05) is 53.6 Å². The first kappa shape index (κ1) is 28.4. The average molecular weight is 227 g/mol. The summed E-state index contributed by atoms with van der Waals surface area (Å²) in [7, 11) is 0. The van der Waals surface area contributed by atoms with Gasteiger partial charge >= 0.3 is 37.7 Å². The molecular weight excluding hydrogens is 225 g/mol. The van der Waals surface area contributed by atoms with Crippen LogP contribution in [0.15, 0.2) is 0 Å². The molecule has 4 heavy (non-hydrogen) atoms. The van der Waals surface area contributed by atoms with Gasteiger partial charge < -0.3 is 0 Å². The molecule has 0 unspecified atom stereocenters. The minimum Gasteiger partial charge on any atom is 0 e. The van der Waals surface area contributed by atoms with Gasteiger partial charge in [-0.05, 0) is 0 Å². The van der Waals surface area contributed by atoms with Crippen LogP contribution in [0, 0.1) is 0 Å². The molecule has 0 N–H and O–H groups in total. The van der Waals surface area contributed by atoms with E-state index in [0.29, 0.717) is 0 Å². The van der Waals surface area contributed by atoms with Gasteiger partial charge in [0.2, 0.25) is 0 Å². The first-order valence-corrected chi connectivity index (χ1v) is 0. The van der Waals surface area contributed by atoms with Gasteiger partial charge in [0.25, 0.3) is 0 Å². The van der Waals surface area contributed by atoms with E-state index in [-0.39, 0.29) is 91.4 Å². The first-order chi connectivity index (χ1) is 0. The van der Waals surface area contributed by atoms with Crippen molar-refractivity contribution in [3.8, 4) is 0 Å². The van der Waals surface area contributed by atoms with Gasteiger partial charge in [0.1, 0.15) is 0 Å². The molecule has 0 saturated carbocycles. The average Bonchev–Trinajstić information content (AvgIpc) is 0. The molecule has 0 amide bonds. The van der Waals surface area contributed by atoms with E-state index in [1.54, 1.807) is 0 Å². The van der Waals surface area contributed by atoms with E-state index in [2.05, 4.69) is 0 Å². The summed E-state index contributed by atoms with van der Waals surface area (Å²) in [6.07, 6.45) is 0. The predicted octanol–water partition coefficient (Wildman–Crippen LogP) is -0.924. The van der Waals surface area contributed by atoms with Crippen molar-refractivity contribution in [3.63, 3.8) is 0 Å². The van der Waals surface area contributed by atoms with Crippen LogP contribution in [0.2, 0.25) is 0 Å². The van der Waals surface area contributed by atoms with E-state index in [1.807, 2.05) is 0 Å². The zero-order chi connectivity index (χ0) is 0. The third-order valence-corrected chi connectivity index (χ3v) is 0. The molecule has 0 aromatic rings. The Labute approximate surface area is 89.6 Å². The van der Waals surface area contributed by atoms with E-state index >= 15 is 0 Å². The van der Waals surface area contributed by atoms with Crippen molar-refractivity contribution in [1.29, 1.82) is 0 Å². The minimum atomic E-state index is 0. The van der Waals surface area contributed by atoms with Crippen LogP contribution >= 0.6 is 0 Å². The molecule has 0 aromatic heterocycles. The van der Waals surface area contributed by atoms with Crippen LogP contribution in [0.5, 0.6) is 0 Å². The summed E-state index contributed by atoms with van der Waals surface area (Å²) in [5, 5.41) is 0. The summed E-state index contributed by atoms with van der Waals surface area (Å²) in [5.74, 6) is 0. The second kappa shape index (κ2) is 16.8. The van der Waals surface area contributed by atoms with Crippen molar-refractivity contribution >= 4 is 37.7 Å². The molecule has 0 atom stereocenters. The van der Waals surface area contributed by atoms with Crippen LogP contribution in [0.4, 0.5) is 0 Å². The van der Waals surface area contributed by atoms with Gasteiger partial charge in [-0.25, -0.2) is 0 Å². The fourth-order valence-electron chi connectivity index (χ4n) is 0. The summed E-state index contributed by atoms with van der Waals surface area (Å²) >= 11 is 0. The molecule has 0 nitrogen and oxygen atoms in total. The fourth-order valence-corrected chi connectivity index (χ4v) is 0. The Balaban J connectivity index is 0. The molecule has 0 saturated heterocycles. The van der Waals surface area contributed by atoms with Crippen LogP contribution in [0.1, 0.15) is 0 Å². The smallest absolute Gasteiger partial charge is 0 e. The van der Waals surface area contributed by atoms with Gasteiger partial charge in [-0.2, -0.15) is 0 Å². The monoisotopic (exact) mass is 225 g/mol. The van der Waals surface area contributed by atoms with Crippen molar-refractivity contribution in [2.75, 3.05) is 0 Å². The summed E-state index contributed by atoms with van der Waals surface area (Å²) in [6, 6.07) is 0. The van der Waals surface area contributed by atoms with E-state index < -0.39 is 0 Å². The molecule has 1 radical (unpaired) electrons. The Morgan fingerprint density at radius 2 is 1.00 bits per heavy atom. The Morgan fingerprint density at radius 3 is 1.00 bits per heavy atom. The van der Waals surface area contributed by atoms with E-state index in [4.69, 9.17) is 0 Å². The molecule has 25 valence electrons. The fraction of sp³-hybridized carbons (Fsp3) is 0. The van der Waals surface area contributed by atoms with Gasteiger partial charge in [0.05, 0.1) is 0 Å².